The summed E-state index contributed by atoms with van der Waals surface area (Å²) in [6.45, 7) is 5.82. The van der Waals surface area contributed by atoms with E-state index in [1.165, 1.54) is 15.6 Å². The summed E-state index contributed by atoms with van der Waals surface area (Å²) < 4.78 is 27.0. The molecule has 2 rings (SSSR count). The summed E-state index contributed by atoms with van der Waals surface area (Å²) >= 11 is 1.17. The number of rotatable bonds is 7. The van der Waals surface area contributed by atoms with Gasteiger partial charge in [-0.15, -0.1) is 11.3 Å². The predicted molar refractivity (Wildman–Crippen MR) is 95.0 cm³/mol. The first-order valence-electron chi connectivity index (χ1n) is 8.24. The highest BCUT2D eigenvalue weighted by atomic mass is 32.2. The van der Waals surface area contributed by atoms with Crippen molar-refractivity contribution in [2.75, 3.05) is 6.54 Å². The van der Waals surface area contributed by atoms with Crippen LogP contribution >= 0.6 is 11.3 Å². The zero-order valence-corrected chi connectivity index (χ0v) is 16.2. The molecule has 1 aromatic heterocycles. The molecule has 2 N–H and O–H groups in total. The van der Waals surface area contributed by atoms with Crippen molar-refractivity contribution in [1.29, 1.82) is 0 Å². The highest BCUT2D eigenvalue weighted by molar-refractivity contribution is 7.91. The lowest BCUT2D eigenvalue weighted by molar-refractivity contribution is -0.142. The number of thiophene rings is 1. The molecule has 1 aliphatic heterocycles. The molecule has 0 bridgehead atoms. The molecule has 2 heterocycles. The van der Waals surface area contributed by atoms with Crippen LogP contribution in [0.2, 0.25) is 0 Å². The summed E-state index contributed by atoms with van der Waals surface area (Å²) in [6, 6.07) is 1.40. The SMILES string of the molecule is Cc1ccc(S(=O)(=O)N2CCCC2C(=O)N[C@H](CC(C)C)C(=O)O)s1. The maximum Gasteiger partial charge on any atom is 0.326 e. The monoisotopic (exact) mass is 388 g/mol. The Kier molecular flexibility index (Phi) is 6.23. The molecule has 1 fully saturated rings. The van der Waals surface area contributed by atoms with Crippen LogP contribution in [0.1, 0.15) is 38.0 Å². The van der Waals surface area contributed by atoms with Crippen molar-refractivity contribution in [1.82, 2.24) is 9.62 Å². The van der Waals surface area contributed by atoms with Gasteiger partial charge in [-0.05, 0) is 44.2 Å². The number of hydrogen-bond acceptors (Lipinski definition) is 5. The third-order valence-electron chi connectivity index (χ3n) is 4.11. The fourth-order valence-corrected chi connectivity index (χ4v) is 5.99. The maximum atomic E-state index is 12.8. The van der Waals surface area contributed by atoms with Gasteiger partial charge in [-0.25, -0.2) is 13.2 Å². The lowest BCUT2D eigenvalue weighted by atomic mass is 10.0. The van der Waals surface area contributed by atoms with Crippen molar-refractivity contribution in [3.05, 3.63) is 17.0 Å². The van der Waals surface area contributed by atoms with Crippen molar-refractivity contribution in [2.24, 2.45) is 5.92 Å². The second kappa shape index (κ2) is 7.84. The highest BCUT2D eigenvalue weighted by Crippen LogP contribution is 2.30. The van der Waals surface area contributed by atoms with Crippen molar-refractivity contribution in [3.63, 3.8) is 0 Å². The Morgan fingerprint density at radius 2 is 2.08 bits per heavy atom. The first kappa shape index (κ1) is 19.9. The Hall–Kier alpha value is -1.45. The highest BCUT2D eigenvalue weighted by Gasteiger charge is 2.41. The summed E-state index contributed by atoms with van der Waals surface area (Å²) in [7, 11) is -3.75. The van der Waals surface area contributed by atoms with Crippen LogP contribution in [0.5, 0.6) is 0 Å². The molecule has 1 aliphatic rings. The fourth-order valence-electron chi connectivity index (χ4n) is 2.92. The second-order valence-electron chi connectivity index (χ2n) is 6.67. The number of nitrogens with one attached hydrogen (secondary N) is 1. The molecular weight excluding hydrogens is 364 g/mol. The number of carbonyl (C=O) groups is 2. The van der Waals surface area contributed by atoms with E-state index < -0.39 is 34.0 Å². The van der Waals surface area contributed by atoms with Crippen molar-refractivity contribution >= 4 is 33.2 Å². The smallest absolute Gasteiger partial charge is 0.326 e. The average molecular weight is 389 g/mol. The summed E-state index contributed by atoms with van der Waals surface area (Å²) in [4.78, 5) is 24.8. The summed E-state index contributed by atoms with van der Waals surface area (Å²) in [5.74, 6) is -1.55. The molecule has 9 heteroatoms. The molecule has 1 unspecified atom stereocenters. The van der Waals surface area contributed by atoms with Gasteiger partial charge in [0.15, 0.2) is 0 Å². The normalized spacial score (nSPS) is 19.9. The number of hydrogen-bond donors (Lipinski definition) is 2. The number of carboxylic acids is 1. The zero-order valence-electron chi connectivity index (χ0n) is 14.6. The minimum atomic E-state index is -3.75. The molecule has 25 heavy (non-hydrogen) atoms. The standard InChI is InChI=1S/C16H24N2O5S2/c1-10(2)9-12(16(20)21)17-15(19)13-5-4-8-18(13)25(22,23)14-7-6-11(3)24-14/h6-7,10,12-13H,4-5,8-9H2,1-3H3,(H,17,19)(H,20,21)/t12-,13?/m1/s1. The molecule has 140 valence electrons. The Labute approximate surface area is 152 Å². The molecule has 0 radical (unpaired) electrons. The predicted octanol–water partition coefficient (Wildman–Crippen LogP) is 1.83. The Bertz CT molecular complexity index is 741. The van der Waals surface area contributed by atoms with E-state index in [1.807, 2.05) is 20.8 Å². The van der Waals surface area contributed by atoms with Gasteiger partial charge >= 0.3 is 5.97 Å². The van der Waals surface area contributed by atoms with Crippen LogP contribution in [-0.2, 0) is 19.6 Å². The molecule has 0 aliphatic carbocycles. The fraction of sp³-hybridized carbons (Fsp3) is 0.625. The van der Waals surface area contributed by atoms with Crippen LogP contribution in [0.15, 0.2) is 16.3 Å². The molecule has 1 saturated heterocycles. The van der Waals surface area contributed by atoms with Crippen molar-refractivity contribution in [3.8, 4) is 0 Å². The summed E-state index contributed by atoms with van der Waals surface area (Å²) in [6.07, 6.45) is 1.26. The number of sulfonamides is 1. The lowest BCUT2D eigenvalue weighted by Crippen LogP contribution is -2.51. The average Bonchev–Trinajstić information content (AvgIpc) is 3.14. The van der Waals surface area contributed by atoms with E-state index in [1.54, 1.807) is 12.1 Å². The molecule has 1 aromatic rings. The Morgan fingerprint density at radius 1 is 1.40 bits per heavy atom. The first-order valence-corrected chi connectivity index (χ1v) is 10.5. The van der Waals surface area contributed by atoms with Gasteiger partial charge in [0, 0.05) is 11.4 Å². The maximum absolute atomic E-state index is 12.8. The molecule has 1 amide bonds. The van der Waals surface area contributed by atoms with E-state index in [-0.39, 0.29) is 16.7 Å². The van der Waals surface area contributed by atoms with Gasteiger partial charge < -0.3 is 10.4 Å². The van der Waals surface area contributed by atoms with E-state index in [9.17, 15) is 23.1 Å². The van der Waals surface area contributed by atoms with Crippen LogP contribution in [0.4, 0.5) is 0 Å². The van der Waals surface area contributed by atoms with Gasteiger partial charge in [-0.1, -0.05) is 13.8 Å². The van der Waals surface area contributed by atoms with Crippen LogP contribution in [0.25, 0.3) is 0 Å². The largest absolute Gasteiger partial charge is 0.480 e. The van der Waals surface area contributed by atoms with E-state index in [2.05, 4.69) is 5.32 Å². The van der Waals surface area contributed by atoms with Crippen LogP contribution in [0.3, 0.4) is 0 Å². The topological polar surface area (TPSA) is 104 Å². The zero-order chi connectivity index (χ0) is 18.8. The quantitative estimate of drug-likeness (QED) is 0.742. The minimum absolute atomic E-state index is 0.0962. The van der Waals surface area contributed by atoms with Gasteiger partial charge in [-0.2, -0.15) is 4.31 Å². The lowest BCUT2D eigenvalue weighted by Gasteiger charge is -2.25. The third kappa shape index (κ3) is 4.59. The number of aryl methyl sites for hydroxylation is 1. The second-order valence-corrected chi connectivity index (χ2v) is 10.1. The van der Waals surface area contributed by atoms with Crippen molar-refractivity contribution < 1.29 is 23.1 Å². The molecular formula is C16H24N2O5S2. The van der Waals surface area contributed by atoms with Crippen molar-refractivity contribution in [2.45, 2.75) is 56.3 Å². The molecule has 7 nitrogen and oxygen atoms in total. The number of amides is 1. The Balaban J connectivity index is 2.17. The van der Waals surface area contributed by atoms with Gasteiger partial charge in [0.1, 0.15) is 16.3 Å². The molecule has 0 saturated carbocycles. The van der Waals surface area contributed by atoms with Gasteiger partial charge in [0.2, 0.25) is 5.91 Å². The summed E-state index contributed by atoms with van der Waals surface area (Å²) in [5, 5.41) is 11.8. The van der Waals surface area contributed by atoms with Crippen LogP contribution in [0, 0.1) is 12.8 Å². The van der Waals surface area contributed by atoms with Crippen LogP contribution in [-0.4, -0.2) is 48.3 Å². The van der Waals surface area contributed by atoms with Gasteiger partial charge in [-0.3, -0.25) is 4.79 Å². The van der Waals surface area contributed by atoms with Gasteiger partial charge in [0.05, 0.1) is 0 Å². The number of carboxylic acid groups (broad SMARTS) is 1. The number of nitrogens with zero attached hydrogens (tertiary/aromatic N) is 1. The summed E-state index contributed by atoms with van der Waals surface area (Å²) in [5.41, 5.74) is 0. The van der Waals surface area contributed by atoms with E-state index in [0.29, 0.717) is 19.3 Å². The van der Waals surface area contributed by atoms with E-state index in [0.717, 1.165) is 4.88 Å². The molecule has 0 spiro atoms. The van der Waals surface area contributed by atoms with E-state index in [4.69, 9.17) is 0 Å². The number of carbonyl (C=O) groups excluding carboxylic acids is 1. The molecule has 0 aromatic carbocycles. The Morgan fingerprint density at radius 3 is 2.60 bits per heavy atom. The van der Waals surface area contributed by atoms with Gasteiger partial charge in [0.25, 0.3) is 10.0 Å². The minimum Gasteiger partial charge on any atom is -0.480 e. The molecule has 2 atom stereocenters. The third-order valence-corrected chi connectivity index (χ3v) is 7.48. The number of aliphatic carboxylic acids is 1. The first-order chi connectivity index (χ1) is 11.6. The van der Waals surface area contributed by atoms with E-state index >= 15 is 0 Å². The van der Waals surface area contributed by atoms with Crippen LogP contribution < -0.4 is 5.32 Å².